The molecule has 0 aliphatic carbocycles. The van der Waals surface area contributed by atoms with E-state index in [0.717, 1.165) is 6.07 Å². The van der Waals surface area contributed by atoms with E-state index in [-0.39, 0.29) is 62.6 Å². The van der Waals surface area contributed by atoms with E-state index in [0.29, 0.717) is 6.07 Å². The summed E-state index contributed by atoms with van der Waals surface area (Å²) in [6.45, 7) is -4.03. The summed E-state index contributed by atoms with van der Waals surface area (Å²) in [5.74, 6) is -1.43. The van der Waals surface area contributed by atoms with Crippen LogP contribution >= 0.6 is 0 Å². The molecule has 82 valence electrons. The Balaban J connectivity index is 0.00000225. The topological polar surface area (TPSA) is 63.3 Å². The van der Waals surface area contributed by atoms with Gasteiger partial charge in [-0.2, -0.15) is 0 Å². The number of carboxylic acids is 1. The third kappa shape index (κ3) is 3.49. The molecule has 1 rings (SSSR count). The maximum atomic E-state index is 12.5. The van der Waals surface area contributed by atoms with Crippen LogP contribution in [0.3, 0.4) is 0 Å². The van der Waals surface area contributed by atoms with Gasteiger partial charge in [0.2, 0.25) is 0 Å². The zero-order chi connectivity index (χ0) is 11.8. The van der Waals surface area contributed by atoms with Crippen LogP contribution in [0.15, 0.2) is 12.1 Å². The smallest absolute Gasteiger partial charge is 0.478 e. The number of halogens is 3. The second-order valence-corrected chi connectivity index (χ2v) is 3.16. The van der Waals surface area contributed by atoms with Crippen LogP contribution in [0.4, 0.5) is 18.6 Å². The average molecular weight is 257 g/mol. The molecule has 0 radical (unpaired) electrons. The molecular weight excluding hydrogens is 249 g/mol. The summed E-state index contributed by atoms with van der Waals surface area (Å²) < 4.78 is 37.5. The molecule has 1 aromatic rings. The van der Waals surface area contributed by atoms with Crippen molar-refractivity contribution in [2.24, 2.45) is 0 Å². The molecule has 0 spiro atoms. The van der Waals surface area contributed by atoms with Gasteiger partial charge < -0.3 is 23.8 Å². The number of anilines is 1. The van der Waals surface area contributed by atoms with Gasteiger partial charge in [-0.05, 0) is 13.0 Å². The summed E-state index contributed by atoms with van der Waals surface area (Å²) in [5, 5.41) is 8.57. The Morgan fingerprint density at radius 2 is 1.88 bits per heavy atom. The fourth-order valence-electron chi connectivity index (χ4n) is 1.22. The van der Waals surface area contributed by atoms with E-state index in [2.05, 4.69) is 0 Å². The third-order valence-electron chi connectivity index (χ3n) is 2.09. The molecule has 0 atom stereocenters. The first-order chi connectivity index (χ1) is 6.73. The Bertz CT molecular complexity index is 422. The number of hydrogen-bond acceptors (Lipinski definition) is 2. The quantitative estimate of drug-likeness (QED) is 0.492. The van der Waals surface area contributed by atoms with Crippen LogP contribution in [0.5, 0.6) is 0 Å². The number of rotatable bonds is 2. The maximum absolute atomic E-state index is 12.5. The van der Waals surface area contributed by atoms with E-state index in [1.807, 2.05) is 0 Å². The van der Waals surface area contributed by atoms with Crippen LogP contribution in [0.1, 0.15) is 15.9 Å². The van der Waals surface area contributed by atoms with Crippen LogP contribution in [0.25, 0.3) is 0 Å². The number of nitrogen functional groups attached to an aromatic ring is 1. The van der Waals surface area contributed by atoms with Crippen molar-refractivity contribution in [2.45, 2.75) is 6.92 Å². The van der Waals surface area contributed by atoms with Crippen LogP contribution in [0, 0.1) is 6.92 Å². The van der Waals surface area contributed by atoms with Crippen LogP contribution in [-0.4, -0.2) is 18.1 Å². The first-order valence-electron chi connectivity index (χ1n) is 4.06. The van der Waals surface area contributed by atoms with Gasteiger partial charge in [-0.3, -0.25) is 0 Å². The fourth-order valence-corrected chi connectivity index (χ4v) is 1.22. The Morgan fingerprint density at radius 1 is 1.38 bits per heavy atom. The van der Waals surface area contributed by atoms with Crippen molar-refractivity contribution < 1.29 is 74.2 Å². The molecule has 0 aliphatic rings. The number of carboxylic acid groups (broad SMARTS) is 1. The van der Waals surface area contributed by atoms with Gasteiger partial charge in [0.15, 0.2) is 0 Å². The molecule has 8 heteroatoms. The Kier molecular flexibility index (Phi) is 5.54. The van der Waals surface area contributed by atoms with E-state index < -0.39 is 24.0 Å². The monoisotopic (exact) mass is 257 g/mol. The number of benzene rings is 1. The molecule has 0 amide bonds. The van der Waals surface area contributed by atoms with Crippen LogP contribution in [0.2, 0.25) is 0 Å². The molecule has 0 saturated heterocycles. The summed E-state index contributed by atoms with van der Waals surface area (Å²) in [6.07, 6.45) is 0. The molecule has 0 aliphatic heterocycles. The molecular formula is C8H8BF3KNO2. The number of aromatic carboxylic acids is 1. The minimum absolute atomic E-state index is 0. The molecule has 0 heterocycles. The minimum Gasteiger partial charge on any atom is -0.478 e. The zero-order valence-corrected chi connectivity index (χ0v) is 11.9. The van der Waals surface area contributed by atoms with Crippen LogP contribution < -0.4 is 62.6 Å². The predicted octanol–water partition coefficient (Wildman–Crippen LogP) is -1.67. The predicted molar refractivity (Wildman–Crippen MR) is 51.3 cm³/mol. The van der Waals surface area contributed by atoms with Crippen molar-refractivity contribution in [3.63, 3.8) is 0 Å². The third-order valence-corrected chi connectivity index (χ3v) is 2.09. The first kappa shape index (κ1) is 16.0. The van der Waals surface area contributed by atoms with Gasteiger partial charge in [0, 0.05) is 5.69 Å². The molecule has 0 bridgehead atoms. The molecule has 3 nitrogen and oxygen atoms in total. The van der Waals surface area contributed by atoms with Crippen molar-refractivity contribution in [3.05, 3.63) is 23.3 Å². The van der Waals surface area contributed by atoms with Gasteiger partial charge in [-0.15, -0.1) is 5.46 Å². The SMILES string of the molecule is Cc1c(N)cc(C(=O)O)cc1[B-](F)(F)F.[K+]. The van der Waals surface area contributed by atoms with Crippen molar-refractivity contribution in [1.29, 1.82) is 0 Å². The largest absolute Gasteiger partial charge is 1.00 e. The maximum Gasteiger partial charge on any atom is 1.00 e. The number of hydrogen-bond donors (Lipinski definition) is 2. The zero-order valence-electron chi connectivity index (χ0n) is 8.80. The van der Waals surface area contributed by atoms with Crippen LogP contribution in [-0.2, 0) is 0 Å². The number of nitrogens with two attached hydrogens (primary N) is 1. The summed E-state index contributed by atoms with van der Waals surface area (Å²) in [5.41, 5.74) is 3.60. The van der Waals surface area contributed by atoms with Gasteiger partial charge in [-0.25, -0.2) is 4.79 Å². The summed E-state index contributed by atoms with van der Waals surface area (Å²) in [6, 6.07) is 1.62. The molecule has 3 N–H and O–H groups in total. The fraction of sp³-hybridized carbons (Fsp3) is 0.125. The van der Waals surface area contributed by atoms with Crippen molar-refractivity contribution in [3.8, 4) is 0 Å². The van der Waals surface area contributed by atoms with Gasteiger partial charge in [-0.1, -0.05) is 11.6 Å². The first-order valence-corrected chi connectivity index (χ1v) is 4.06. The summed E-state index contributed by atoms with van der Waals surface area (Å²) >= 11 is 0. The van der Waals surface area contributed by atoms with E-state index in [4.69, 9.17) is 10.8 Å². The van der Waals surface area contributed by atoms with Crippen molar-refractivity contribution >= 4 is 24.1 Å². The Labute approximate surface area is 133 Å². The summed E-state index contributed by atoms with van der Waals surface area (Å²) in [4.78, 5) is 10.5. The van der Waals surface area contributed by atoms with E-state index in [1.165, 1.54) is 6.92 Å². The second kappa shape index (κ2) is 5.54. The standard InChI is InChI=1S/C8H8BF3NO2.K/c1-4-6(9(10,11)12)2-5(8(14)15)3-7(4)13;/h2-3H,13H2,1H3,(H,14,15);/q-1;+1. The summed E-state index contributed by atoms with van der Waals surface area (Å²) in [7, 11) is 0. The molecule has 16 heavy (non-hydrogen) atoms. The normalized spacial score (nSPS) is 10.8. The van der Waals surface area contributed by atoms with E-state index in [9.17, 15) is 17.7 Å². The van der Waals surface area contributed by atoms with Crippen molar-refractivity contribution in [1.82, 2.24) is 0 Å². The van der Waals surface area contributed by atoms with E-state index in [1.54, 1.807) is 0 Å². The molecule has 1 aromatic carbocycles. The minimum atomic E-state index is -5.24. The van der Waals surface area contributed by atoms with Crippen molar-refractivity contribution in [2.75, 3.05) is 5.73 Å². The Morgan fingerprint density at radius 3 is 2.25 bits per heavy atom. The van der Waals surface area contributed by atoms with Gasteiger partial charge in [0.05, 0.1) is 5.56 Å². The number of carbonyl (C=O) groups is 1. The molecule has 0 fully saturated rings. The van der Waals surface area contributed by atoms with Gasteiger partial charge in [0.1, 0.15) is 0 Å². The van der Waals surface area contributed by atoms with Gasteiger partial charge >= 0.3 is 64.3 Å². The molecule has 0 aromatic heterocycles. The molecule has 0 saturated carbocycles. The average Bonchev–Trinajstić information content (AvgIpc) is 2.06. The second-order valence-electron chi connectivity index (χ2n) is 3.16. The van der Waals surface area contributed by atoms with E-state index >= 15 is 0 Å². The Hall–Kier alpha value is -0.0187. The van der Waals surface area contributed by atoms with Gasteiger partial charge in [0.25, 0.3) is 0 Å². The molecule has 0 unspecified atom stereocenters.